The second-order valence-corrected chi connectivity index (χ2v) is 5.93. The summed E-state index contributed by atoms with van der Waals surface area (Å²) in [7, 11) is 0. The van der Waals surface area contributed by atoms with E-state index in [2.05, 4.69) is 36.4 Å². The Morgan fingerprint density at radius 2 is 2.24 bits per heavy atom. The van der Waals surface area contributed by atoms with Gasteiger partial charge in [0.25, 0.3) is 0 Å². The summed E-state index contributed by atoms with van der Waals surface area (Å²) >= 11 is 0. The predicted molar refractivity (Wildman–Crippen MR) is 87.8 cm³/mol. The van der Waals surface area contributed by atoms with E-state index in [1.807, 2.05) is 0 Å². The standard InChI is InChI=1S/C16H33N3O2/c1-4-17-16(18-9-6-11-20-13-14(2)3)19-10-8-15-7-5-12-21-15/h14-15H,4-13H2,1-3H3,(H2,17,18,19). The second kappa shape index (κ2) is 11.8. The van der Waals surface area contributed by atoms with Crippen molar-refractivity contribution in [3.63, 3.8) is 0 Å². The van der Waals surface area contributed by atoms with Gasteiger partial charge in [0.05, 0.1) is 6.10 Å². The Hall–Kier alpha value is -0.810. The Morgan fingerprint density at radius 1 is 1.38 bits per heavy atom. The molecule has 0 radical (unpaired) electrons. The quantitative estimate of drug-likeness (QED) is 0.369. The third kappa shape index (κ3) is 9.69. The van der Waals surface area contributed by atoms with Crippen molar-refractivity contribution in [3.8, 4) is 0 Å². The van der Waals surface area contributed by atoms with E-state index in [-0.39, 0.29) is 0 Å². The molecular weight excluding hydrogens is 266 g/mol. The molecule has 1 atom stereocenters. The van der Waals surface area contributed by atoms with Gasteiger partial charge in [-0.15, -0.1) is 0 Å². The zero-order valence-electron chi connectivity index (χ0n) is 14.0. The maximum atomic E-state index is 5.62. The molecular formula is C16H33N3O2. The van der Waals surface area contributed by atoms with Gasteiger partial charge in [-0.05, 0) is 38.5 Å². The van der Waals surface area contributed by atoms with Crippen molar-refractivity contribution in [1.29, 1.82) is 0 Å². The minimum Gasteiger partial charge on any atom is -0.381 e. The van der Waals surface area contributed by atoms with E-state index >= 15 is 0 Å². The largest absolute Gasteiger partial charge is 0.381 e. The van der Waals surface area contributed by atoms with Crippen molar-refractivity contribution in [2.75, 3.05) is 39.5 Å². The molecule has 0 aliphatic carbocycles. The maximum Gasteiger partial charge on any atom is 0.191 e. The smallest absolute Gasteiger partial charge is 0.191 e. The normalized spacial score (nSPS) is 19.2. The molecule has 1 fully saturated rings. The monoisotopic (exact) mass is 299 g/mol. The molecule has 0 bridgehead atoms. The topological polar surface area (TPSA) is 54.9 Å². The molecule has 1 rings (SSSR count). The van der Waals surface area contributed by atoms with Crippen LogP contribution >= 0.6 is 0 Å². The molecule has 0 spiro atoms. The Kier molecular flexibility index (Phi) is 10.3. The van der Waals surface area contributed by atoms with E-state index in [1.165, 1.54) is 12.8 Å². The summed E-state index contributed by atoms with van der Waals surface area (Å²) in [6, 6.07) is 0. The molecule has 0 aromatic heterocycles. The summed E-state index contributed by atoms with van der Waals surface area (Å²) in [4.78, 5) is 4.57. The van der Waals surface area contributed by atoms with Gasteiger partial charge in [-0.1, -0.05) is 13.8 Å². The summed E-state index contributed by atoms with van der Waals surface area (Å²) in [6.45, 7) is 11.6. The van der Waals surface area contributed by atoms with Crippen molar-refractivity contribution in [3.05, 3.63) is 0 Å². The van der Waals surface area contributed by atoms with Crippen LogP contribution in [-0.4, -0.2) is 51.5 Å². The van der Waals surface area contributed by atoms with E-state index in [0.29, 0.717) is 12.0 Å². The van der Waals surface area contributed by atoms with Crippen molar-refractivity contribution in [2.24, 2.45) is 10.9 Å². The molecule has 1 aliphatic rings. The highest BCUT2D eigenvalue weighted by Gasteiger charge is 2.14. The molecule has 5 nitrogen and oxygen atoms in total. The van der Waals surface area contributed by atoms with Crippen molar-refractivity contribution in [2.45, 2.75) is 52.6 Å². The number of rotatable bonds is 10. The summed E-state index contributed by atoms with van der Waals surface area (Å²) in [5.74, 6) is 1.50. The summed E-state index contributed by atoms with van der Waals surface area (Å²) in [5, 5.41) is 6.65. The van der Waals surface area contributed by atoms with Gasteiger partial charge in [0.1, 0.15) is 0 Å². The third-order valence-corrected chi connectivity index (χ3v) is 3.29. The third-order valence-electron chi connectivity index (χ3n) is 3.29. The van der Waals surface area contributed by atoms with Gasteiger partial charge in [-0.2, -0.15) is 0 Å². The zero-order valence-corrected chi connectivity index (χ0v) is 14.0. The minimum absolute atomic E-state index is 0.435. The lowest BCUT2D eigenvalue weighted by Crippen LogP contribution is -2.38. The van der Waals surface area contributed by atoms with Crippen LogP contribution in [0.1, 0.15) is 46.5 Å². The highest BCUT2D eigenvalue weighted by Crippen LogP contribution is 2.14. The Labute approximate surface area is 129 Å². The van der Waals surface area contributed by atoms with Crippen molar-refractivity contribution < 1.29 is 9.47 Å². The fraction of sp³-hybridized carbons (Fsp3) is 0.938. The Morgan fingerprint density at radius 3 is 2.90 bits per heavy atom. The number of hydrogen-bond donors (Lipinski definition) is 2. The first-order valence-corrected chi connectivity index (χ1v) is 8.44. The molecule has 1 heterocycles. The highest BCUT2D eigenvalue weighted by molar-refractivity contribution is 5.79. The summed E-state index contributed by atoms with van der Waals surface area (Å²) in [6.07, 6.45) is 4.86. The lowest BCUT2D eigenvalue weighted by molar-refractivity contribution is 0.105. The minimum atomic E-state index is 0.435. The first-order chi connectivity index (χ1) is 10.2. The van der Waals surface area contributed by atoms with Gasteiger partial charge in [-0.3, -0.25) is 4.99 Å². The lowest BCUT2D eigenvalue weighted by Gasteiger charge is -2.13. The fourth-order valence-corrected chi connectivity index (χ4v) is 2.24. The number of aliphatic imine (C=N–C) groups is 1. The molecule has 21 heavy (non-hydrogen) atoms. The first-order valence-electron chi connectivity index (χ1n) is 8.44. The van der Waals surface area contributed by atoms with Gasteiger partial charge < -0.3 is 20.1 Å². The molecule has 2 N–H and O–H groups in total. The van der Waals surface area contributed by atoms with Crippen LogP contribution in [0.25, 0.3) is 0 Å². The molecule has 0 amide bonds. The Bertz CT molecular complexity index is 277. The first kappa shape index (κ1) is 18.2. The lowest BCUT2D eigenvalue weighted by atomic mass is 10.2. The van der Waals surface area contributed by atoms with E-state index in [4.69, 9.17) is 9.47 Å². The van der Waals surface area contributed by atoms with Gasteiger partial charge in [0, 0.05) is 39.5 Å². The van der Waals surface area contributed by atoms with E-state index < -0.39 is 0 Å². The molecule has 1 aliphatic heterocycles. The molecule has 5 heteroatoms. The van der Waals surface area contributed by atoms with Crippen LogP contribution in [0, 0.1) is 5.92 Å². The molecule has 0 saturated carbocycles. The van der Waals surface area contributed by atoms with Crippen LogP contribution in [0.2, 0.25) is 0 Å². The van der Waals surface area contributed by atoms with E-state index in [1.54, 1.807) is 0 Å². The van der Waals surface area contributed by atoms with Gasteiger partial charge in [-0.25, -0.2) is 0 Å². The van der Waals surface area contributed by atoms with Crippen LogP contribution in [0.5, 0.6) is 0 Å². The Balaban J connectivity index is 2.10. The van der Waals surface area contributed by atoms with Crippen LogP contribution in [0.15, 0.2) is 4.99 Å². The van der Waals surface area contributed by atoms with E-state index in [9.17, 15) is 0 Å². The van der Waals surface area contributed by atoms with Crippen LogP contribution in [-0.2, 0) is 9.47 Å². The van der Waals surface area contributed by atoms with Crippen molar-refractivity contribution >= 4 is 5.96 Å². The fourth-order valence-electron chi connectivity index (χ4n) is 2.24. The number of guanidine groups is 1. The van der Waals surface area contributed by atoms with Gasteiger partial charge >= 0.3 is 0 Å². The predicted octanol–water partition coefficient (Wildman–Crippen LogP) is 2.17. The molecule has 0 aromatic carbocycles. The molecule has 1 unspecified atom stereocenters. The average Bonchev–Trinajstić information content (AvgIpc) is 2.95. The maximum absolute atomic E-state index is 5.62. The summed E-state index contributed by atoms with van der Waals surface area (Å²) in [5.41, 5.74) is 0. The van der Waals surface area contributed by atoms with Gasteiger partial charge in [0.2, 0.25) is 0 Å². The van der Waals surface area contributed by atoms with Gasteiger partial charge in [0.15, 0.2) is 5.96 Å². The average molecular weight is 299 g/mol. The highest BCUT2D eigenvalue weighted by atomic mass is 16.5. The second-order valence-electron chi connectivity index (χ2n) is 5.93. The summed E-state index contributed by atoms with van der Waals surface area (Å²) < 4.78 is 11.2. The SMILES string of the molecule is CCNC(=NCCCOCC(C)C)NCCC1CCCO1. The molecule has 0 aromatic rings. The van der Waals surface area contributed by atoms with E-state index in [0.717, 1.165) is 58.3 Å². The zero-order chi connectivity index (χ0) is 15.3. The number of nitrogens with one attached hydrogen (secondary N) is 2. The number of ether oxygens (including phenoxy) is 2. The molecule has 1 saturated heterocycles. The number of nitrogens with zero attached hydrogens (tertiary/aromatic N) is 1. The van der Waals surface area contributed by atoms with Crippen LogP contribution in [0.4, 0.5) is 0 Å². The van der Waals surface area contributed by atoms with Crippen molar-refractivity contribution in [1.82, 2.24) is 10.6 Å². The number of hydrogen-bond acceptors (Lipinski definition) is 3. The van der Waals surface area contributed by atoms with Crippen LogP contribution in [0.3, 0.4) is 0 Å². The van der Waals surface area contributed by atoms with Crippen LogP contribution < -0.4 is 10.6 Å². The molecule has 124 valence electrons.